The van der Waals surface area contributed by atoms with Gasteiger partial charge < -0.3 is 9.45 Å². The molecule has 1 aliphatic carbocycles. The van der Waals surface area contributed by atoms with Crippen molar-refractivity contribution >= 4 is 57.9 Å². The molecule has 0 unspecified atom stereocenters. The fraction of sp³-hybridized carbons (Fsp3) is 0.542. The third kappa shape index (κ3) is 5.00. The molecule has 3 heterocycles. The van der Waals surface area contributed by atoms with E-state index >= 15 is 0 Å². The summed E-state index contributed by atoms with van der Waals surface area (Å²) in [5.41, 5.74) is 0.945. The molecule has 35 heavy (non-hydrogen) atoms. The number of nitrogens with zero attached hydrogens (tertiary/aromatic N) is 5. The van der Waals surface area contributed by atoms with Crippen LogP contribution in [-0.2, 0) is 11.4 Å². The van der Waals surface area contributed by atoms with Gasteiger partial charge in [0, 0.05) is 35.5 Å². The SMILES string of the molecule is CC(C)(C)[S@@+]([O-])N[C@@H]1CCCC12CCN(c1ncc(Sc3cccc(Cl)c3Cl)c3nncn13)CC2. The molecular formula is C24H30Cl2N6OS2. The smallest absolute Gasteiger partial charge is 0.212 e. The van der Waals surface area contributed by atoms with E-state index < -0.39 is 11.4 Å². The monoisotopic (exact) mass is 552 g/mol. The second-order valence-electron chi connectivity index (χ2n) is 10.4. The van der Waals surface area contributed by atoms with Crippen LogP contribution in [0.4, 0.5) is 5.95 Å². The van der Waals surface area contributed by atoms with Crippen molar-refractivity contribution in [2.45, 2.75) is 73.5 Å². The van der Waals surface area contributed by atoms with Crippen LogP contribution < -0.4 is 9.62 Å². The summed E-state index contributed by atoms with van der Waals surface area (Å²) in [6.07, 6.45) is 9.12. The molecule has 1 saturated carbocycles. The van der Waals surface area contributed by atoms with E-state index in [-0.39, 0.29) is 10.2 Å². The number of fused-ring (bicyclic) bond motifs is 1. The fourth-order valence-electron chi connectivity index (χ4n) is 5.15. The third-order valence-electron chi connectivity index (χ3n) is 7.17. The molecule has 7 nitrogen and oxygen atoms in total. The molecule has 2 aromatic heterocycles. The average Bonchev–Trinajstić information content (AvgIpc) is 3.45. The first-order valence-electron chi connectivity index (χ1n) is 11.9. The normalized spacial score (nSPS) is 21.2. The molecule has 1 aliphatic heterocycles. The predicted molar refractivity (Wildman–Crippen MR) is 144 cm³/mol. The summed E-state index contributed by atoms with van der Waals surface area (Å²) < 4.78 is 18.0. The molecule has 2 fully saturated rings. The Kier molecular flexibility index (Phi) is 7.20. The number of halogens is 2. The summed E-state index contributed by atoms with van der Waals surface area (Å²) in [6.45, 7) is 7.87. The summed E-state index contributed by atoms with van der Waals surface area (Å²) in [5.74, 6) is 0.849. The highest BCUT2D eigenvalue weighted by atomic mass is 35.5. The van der Waals surface area contributed by atoms with E-state index in [1.807, 2.05) is 43.5 Å². The third-order valence-corrected chi connectivity index (χ3v) is 10.8. The Morgan fingerprint density at radius 2 is 1.94 bits per heavy atom. The zero-order chi connectivity index (χ0) is 24.8. The Bertz CT molecular complexity index is 1210. The highest BCUT2D eigenvalue weighted by molar-refractivity contribution is 7.99. The summed E-state index contributed by atoms with van der Waals surface area (Å²) >= 11 is 13.0. The Balaban J connectivity index is 1.33. The maximum Gasteiger partial charge on any atom is 0.212 e. The zero-order valence-electron chi connectivity index (χ0n) is 20.1. The number of rotatable bonds is 5. The van der Waals surface area contributed by atoms with Crippen LogP contribution >= 0.6 is 35.0 Å². The maximum atomic E-state index is 12.8. The molecule has 5 rings (SSSR count). The molecule has 2 atom stereocenters. The lowest BCUT2D eigenvalue weighted by molar-refractivity contribution is 0.186. The van der Waals surface area contributed by atoms with Crippen LogP contribution in [0.15, 0.2) is 40.5 Å². The zero-order valence-corrected chi connectivity index (χ0v) is 23.3. The van der Waals surface area contributed by atoms with Crippen LogP contribution in [0.25, 0.3) is 5.65 Å². The lowest BCUT2D eigenvalue weighted by Crippen LogP contribution is -2.53. The standard InChI is InChI=1S/C24H30Cl2N6OS2/c1-23(2,3)35(33)30-19-8-5-9-24(19)10-12-31(13-11-24)22-27-14-18(21-29-28-15-32(21)22)34-17-7-4-6-16(25)20(17)26/h4,6-7,14-15,19,30H,5,8-13H2,1-3H3/t19-,35-/m1/s1. The van der Waals surface area contributed by atoms with Gasteiger partial charge in [-0.3, -0.25) is 0 Å². The molecule has 1 spiro atoms. The van der Waals surface area contributed by atoms with E-state index in [1.165, 1.54) is 24.6 Å². The van der Waals surface area contributed by atoms with Gasteiger partial charge in [-0.2, -0.15) is 0 Å². The van der Waals surface area contributed by atoms with Crippen molar-refractivity contribution in [3.05, 3.63) is 40.8 Å². The van der Waals surface area contributed by atoms with Crippen molar-refractivity contribution in [2.75, 3.05) is 18.0 Å². The van der Waals surface area contributed by atoms with E-state index in [4.69, 9.17) is 28.2 Å². The lowest BCUT2D eigenvalue weighted by atomic mass is 9.74. The second-order valence-corrected chi connectivity index (χ2v) is 14.3. The van der Waals surface area contributed by atoms with Crippen molar-refractivity contribution in [3.63, 3.8) is 0 Å². The number of anilines is 1. The highest BCUT2D eigenvalue weighted by Gasteiger charge is 2.48. The van der Waals surface area contributed by atoms with Crippen molar-refractivity contribution in [3.8, 4) is 0 Å². The number of benzene rings is 1. The minimum absolute atomic E-state index is 0.197. The van der Waals surface area contributed by atoms with E-state index in [2.05, 4.69) is 19.8 Å². The summed E-state index contributed by atoms with van der Waals surface area (Å²) in [5, 5.41) is 9.58. The van der Waals surface area contributed by atoms with Crippen LogP contribution in [0.1, 0.15) is 52.9 Å². The minimum Gasteiger partial charge on any atom is -0.598 e. The van der Waals surface area contributed by atoms with Crippen LogP contribution in [0.5, 0.6) is 0 Å². The van der Waals surface area contributed by atoms with Gasteiger partial charge in [0.1, 0.15) is 11.1 Å². The van der Waals surface area contributed by atoms with Gasteiger partial charge in [0.25, 0.3) is 0 Å². The number of hydrogen-bond donors (Lipinski definition) is 1. The van der Waals surface area contributed by atoms with Gasteiger partial charge in [-0.1, -0.05) is 47.5 Å². The molecule has 1 aromatic carbocycles. The Morgan fingerprint density at radius 1 is 1.17 bits per heavy atom. The molecule has 0 bridgehead atoms. The first-order valence-corrected chi connectivity index (χ1v) is 14.6. The van der Waals surface area contributed by atoms with Crippen molar-refractivity contribution in [1.29, 1.82) is 0 Å². The first-order chi connectivity index (χ1) is 16.7. The van der Waals surface area contributed by atoms with Gasteiger partial charge in [0.15, 0.2) is 5.65 Å². The average molecular weight is 554 g/mol. The van der Waals surface area contributed by atoms with Crippen molar-refractivity contribution in [1.82, 2.24) is 24.3 Å². The van der Waals surface area contributed by atoms with Gasteiger partial charge in [-0.25, -0.2) is 9.38 Å². The Labute approximate surface area is 223 Å². The number of piperidine rings is 1. The summed E-state index contributed by atoms with van der Waals surface area (Å²) in [7, 11) is 0. The van der Waals surface area contributed by atoms with E-state index in [0.29, 0.717) is 16.1 Å². The number of hydrogen-bond acceptors (Lipinski definition) is 7. The molecular weight excluding hydrogens is 523 g/mol. The molecule has 2 aliphatic rings. The molecule has 3 aromatic rings. The van der Waals surface area contributed by atoms with Crippen molar-refractivity contribution in [2.24, 2.45) is 5.41 Å². The lowest BCUT2D eigenvalue weighted by Gasteiger charge is -2.44. The van der Waals surface area contributed by atoms with Crippen LogP contribution in [0.2, 0.25) is 10.0 Å². The molecule has 1 N–H and O–H groups in total. The van der Waals surface area contributed by atoms with Gasteiger partial charge in [-0.05, 0) is 64.0 Å². The Hall–Kier alpha value is -1.23. The van der Waals surface area contributed by atoms with Crippen molar-refractivity contribution < 1.29 is 4.55 Å². The first kappa shape index (κ1) is 25.4. The fourth-order valence-corrected chi connectivity index (χ4v) is 7.52. The predicted octanol–water partition coefficient (Wildman–Crippen LogP) is 5.77. The van der Waals surface area contributed by atoms with Gasteiger partial charge in [-0.15, -0.1) is 14.9 Å². The molecule has 0 radical (unpaired) electrons. The summed E-state index contributed by atoms with van der Waals surface area (Å²) in [4.78, 5) is 8.85. The molecule has 1 saturated heterocycles. The number of aromatic nitrogens is 4. The Morgan fingerprint density at radius 3 is 2.69 bits per heavy atom. The van der Waals surface area contributed by atoms with Gasteiger partial charge >= 0.3 is 0 Å². The number of nitrogens with one attached hydrogen (secondary N) is 1. The second kappa shape index (κ2) is 9.91. The molecule has 11 heteroatoms. The van der Waals surface area contributed by atoms with Gasteiger partial charge in [0.2, 0.25) is 5.95 Å². The summed E-state index contributed by atoms with van der Waals surface area (Å²) in [6, 6.07) is 5.89. The van der Waals surface area contributed by atoms with E-state index in [9.17, 15) is 4.55 Å². The highest BCUT2D eigenvalue weighted by Crippen LogP contribution is 2.47. The van der Waals surface area contributed by atoms with Crippen LogP contribution in [-0.4, -0.2) is 48.0 Å². The van der Waals surface area contributed by atoms with E-state index in [0.717, 1.165) is 53.7 Å². The van der Waals surface area contributed by atoms with E-state index in [1.54, 1.807) is 12.4 Å². The maximum absolute atomic E-state index is 12.8. The topological polar surface area (TPSA) is 81.4 Å². The van der Waals surface area contributed by atoms with Gasteiger partial charge in [0.05, 0.1) is 21.0 Å². The minimum atomic E-state index is -1.05. The molecule has 0 amide bonds. The van der Waals surface area contributed by atoms with Crippen LogP contribution in [0.3, 0.4) is 0 Å². The molecule has 188 valence electrons. The van der Waals surface area contributed by atoms with Crippen LogP contribution in [0, 0.1) is 5.41 Å². The quantitative estimate of drug-likeness (QED) is 0.402. The largest absolute Gasteiger partial charge is 0.598 e.